The Morgan fingerprint density at radius 2 is 1.80 bits per heavy atom. The molecule has 3 aliphatic rings. The van der Waals surface area contributed by atoms with Gasteiger partial charge < -0.3 is 29.7 Å². The average molecular weight is 675 g/mol. The molecule has 1 fully saturated rings. The zero-order chi connectivity index (χ0) is 34.9. The number of carbonyl (C=O) groups excluding carboxylic acids is 3. The minimum atomic E-state index is -0.541. The van der Waals surface area contributed by atoms with Crippen LogP contribution >= 0.6 is 0 Å². The van der Waals surface area contributed by atoms with Crippen LogP contribution in [0.2, 0.25) is 0 Å². The van der Waals surface area contributed by atoms with Crippen molar-refractivity contribution >= 4 is 28.8 Å². The van der Waals surface area contributed by atoms with Crippen LogP contribution in [0.3, 0.4) is 0 Å². The first-order valence-electron chi connectivity index (χ1n) is 16.5. The van der Waals surface area contributed by atoms with Crippen LogP contribution < -0.4 is 24.8 Å². The molecule has 12 heteroatoms. The second-order valence-corrected chi connectivity index (χ2v) is 12.6. The number of hydrogen-bond acceptors (Lipinski definition) is 8. The highest BCUT2D eigenvalue weighted by Gasteiger charge is 2.36. The molecule has 2 aromatic heterocycles. The quantitative estimate of drug-likeness (QED) is 0.282. The summed E-state index contributed by atoms with van der Waals surface area (Å²) in [4.78, 5) is 47.2. The Morgan fingerprint density at radius 1 is 0.980 bits per heavy atom. The molecule has 1 saturated heterocycles. The third kappa shape index (κ3) is 6.56. The van der Waals surface area contributed by atoms with E-state index in [1.54, 1.807) is 53.1 Å². The van der Waals surface area contributed by atoms with Crippen LogP contribution in [0.15, 0.2) is 72.8 Å². The number of hydrogen-bond donors (Lipinski definition) is 2. The molecule has 6 bridgehead atoms. The van der Waals surface area contributed by atoms with Crippen molar-refractivity contribution in [3.05, 3.63) is 101 Å². The van der Waals surface area contributed by atoms with Crippen molar-refractivity contribution in [3.63, 3.8) is 0 Å². The molecule has 50 heavy (non-hydrogen) atoms. The number of piperidine rings is 1. The van der Waals surface area contributed by atoms with Gasteiger partial charge in [-0.2, -0.15) is 5.10 Å². The number of aryl methyl sites for hydroxylation is 3. The topological polar surface area (TPSA) is 137 Å². The Hall–Kier alpha value is -5.91. The number of likely N-dealkylation sites (tertiary alicyclic amines) is 1. The van der Waals surface area contributed by atoms with Gasteiger partial charge in [-0.25, -0.2) is 4.98 Å². The summed E-state index contributed by atoms with van der Waals surface area (Å²) in [5, 5.41) is 11.3. The first kappa shape index (κ1) is 32.6. The van der Waals surface area contributed by atoms with Gasteiger partial charge >= 0.3 is 0 Å². The van der Waals surface area contributed by atoms with Crippen LogP contribution in [0, 0.1) is 13.8 Å². The predicted molar refractivity (Wildman–Crippen MR) is 186 cm³/mol. The zero-order valence-electron chi connectivity index (χ0n) is 28.4. The molecule has 5 aromatic rings. The zero-order valence-corrected chi connectivity index (χ0v) is 28.4. The molecule has 0 spiro atoms. The number of nitrogens with one attached hydrogen (secondary N) is 2. The number of pyridine rings is 1. The number of methoxy groups -OCH3 is 1. The number of amides is 3. The number of ether oxygens (including phenoxy) is 3. The smallest absolute Gasteiger partial charge is 0.258 e. The molecule has 0 saturated carbocycles. The van der Waals surface area contributed by atoms with E-state index in [0.717, 1.165) is 22.2 Å². The molecule has 3 amide bonds. The summed E-state index contributed by atoms with van der Waals surface area (Å²) in [6.45, 7) is 4.55. The largest absolute Gasteiger partial charge is 0.496 e. The molecule has 3 aliphatic heterocycles. The SMILES string of the molecule is COc1ccc2cc1-c1cccc(c1)OCC(=O)NCc1ccc(cc1)O[C@@H]1CCN(C(=O)c3cc(C)nc4c3c(C)nn4C)C[C@H]1NC2=O. The fourth-order valence-corrected chi connectivity index (χ4v) is 6.64. The van der Waals surface area contributed by atoms with Crippen LogP contribution in [-0.4, -0.2) is 76.3 Å². The first-order chi connectivity index (χ1) is 24.2. The molecular formula is C38H38N6O6. The minimum absolute atomic E-state index is 0.152. The third-order valence-corrected chi connectivity index (χ3v) is 9.16. The van der Waals surface area contributed by atoms with Gasteiger partial charge in [0.25, 0.3) is 17.7 Å². The predicted octanol–water partition coefficient (Wildman–Crippen LogP) is 4.36. The second kappa shape index (κ2) is 13.5. The van der Waals surface area contributed by atoms with Crippen molar-refractivity contribution in [2.24, 2.45) is 7.05 Å². The van der Waals surface area contributed by atoms with E-state index >= 15 is 0 Å². The van der Waals surface area contributed by atoms with Gasteiger partial charge in [0, 0.05) is 49.9 Å². The van der Waals surface area contributed by atoms with E-state index in [2.05, 4.69) is 20.7 Å². The summed E-state index contributed by atoms with van der Waals surface area (Å²) < 4.78 is 19.6. The van der Waals surface area contributed by atoms with Crippen LogP contribution in [0.25, 0.3) is 22.2 Å². The van der Waals surface area contributed by atoms with E-state index in [1.807, 2.05) is 57.3 Å². The molecule has 0 unspecified atom stereocenters. The fraction of sp³-hybridized carbons (Fsp3) is 0.289. The van der Waals surface area contributed by atoms with E-state index in [-0.39, 0.29) is 30.9 Å². The molecule has 5 heterocycles. The highest BCUT2D eigenvalue weighted by atomic mass is 16.5. The molecule has 2 atom stereocenters. The Kier molecular flexibility index (Phi) is 8.83. The summed E-state index contributed by atoms with van der Waals surface area (Å²) >= 11 is 0. The number of carbonyl (C=O) groups is 3. The highest BCUT2D eigenvalue weighted by Crippen LogP contribution is 2.33. The summed E-state index contributed by atoms with van der Waals surface area (Å²) in [5.74, 6) is 0.957. The monoisotopic (exact) mass is 674 g/mol. The van der Waals surface area contributed by atoms with Crippen molar-refractivity contribution < 1.29 is 28.6 Å². The summed E-state index contributed by atoms with van der Waals surface area (Å²) in [5.41, 5.74) is 5.35. The van der Waals surface area contributed by atoms with Gasteiger partial charge in [-0.3, -0.25) is 19.1 Å². The van der Waals surface area contributed by atoms with Crippen molar-refractivity contribution in [1.82, 2.24) is 30.3 Å². The molecular weight excluding hydrogens is 636 g/mol. The molecule has 256 valence electrons. The van der Waals surface area contributed by atoms with Gasteiger partial charge in [-0.1, -0.05) is 24.3 Å². The first-order valence-corrected chi connectivity index (χ1v) is 16.5. The van der Waals surface area contributed by atoms with E-state index in [0.29, 0.717) is 64.8 Å². The Labute approximate surface area is 289 Å². The highest BCUT2D eigenvalue weighted by molar-refractivity contribution is 6.06. The van der Waals surface area contributed by atoms with Gasteiger partial charge in [-0.05, 0) is 73.5 Å². The third-order valence-electron chi connectivity index (χ3n) is 9.16. The number of benzene rings is 3. The van der Waals surface area contributed by atoms with E-state index in [4.69, 9.17) is 14.2 Å². The molecule has 12 nitrogen and oxygen atoms in total. The van der Waals surface area contributed by atoms with Crippen molar-refractivity contribution in [3.8, 4) is 28.4 Å². The van der Waals surface area contributed by atoms with Gasteiger partial charge in [0.15, 0.2) is 12.3 Å². The Bertz CT molecular complexity index is 2110. The second-order valence-electron chi connectivity index (χ2n) is 12.6. The van der Waals surface area contributed by atoms with Gasteiger partial charge in [0.1, 0.15) is 23.4 Å². The summed E-state index contributed by atoms with van der Waals surface area (Å²) in [7, 11) is 3.39. The molecule has 2 N–H and O–H groups in total. The maximum atomic E-state index is 14.2. The molecule has 3 aromatic carbocycles. The summed E-state index contributed by atoms with van der Waals surface area (Å²) in [6, 6.07) is 21.2. The number of rotatable bonds is 2. The standard InChI is InChI=1S/C38H38N6O6/c1-22-16-30(35-23(2)42-43(3)36(35)40-22)38(47)44-15-14-33-31(20-44)41-37(46)26-10-13-32(48-4)29(18-26)25-6-5-7-28(17-25)49-21-34(45)39-19-24-8-11-27(50-33)12-9-24/h5-13,16-18,31,33H,14-15,19-21H2,1-4H3,(H,39,45)(H,41,46)/t31-,33-/m1/s1. The average Bonchev–Trinajstić information content (AvgIpc) is 3.41. The number of fused-ring (bicyclic) bond motifs is 8. The number of nitrogens with zero attached hydrogens (tertiary/aromatic N) is 4. The van der Waals surface area contributed by atoms with Crippen molar-refractivity contribution in [2.75, 3.05) is 26.8 Å². The van der Waals surface area contributed by atoms with Gasteiger partial charge in [-0.15, -0.1) is 0 Å². The van der Waals surface area contributed by atoms with Crippen LogP contribution in [0.5, 0.6) is 17.2 Å². The van der Waals surface area contributed by atoms with Crippen LogP contribution in [0.1, 0.15) is 44.1 Å². The molecule has 0 aliphatic carbocycles. The lowest BCUT2D eigenvalue weighted by Gasteiger charge is -2.39. The van der Waals surface area contributed by atoms with Gasteiger partial charge in [0.2, 0.25) is 0 Å². The molecule has 0 radical (unpaired) electrons. The van der Waals surface area contributed by atoms with Crippen molar-refractivity contribution in [1.29, 1.82) is 0 Å². The van der Waals surface area contributed by atoms with E-state index < -0.39 is 12.1 Å². The maximum absolute atomic E-state index is 14.2. The normalized spacial score (nSPS) is 18.0. The molecule has 8 rings (SSSR count). The lowest BCUT2D eigenvalue weighted by atomic mass is 9.98. The number of aromatic nitrogens is 3. The lowest BCUT2D eigenvalue weighted by Crippen LogP contribution is -2.58. The fourth-order valence-electron chi connectivity index (χ4n) is 6.64. The van der Waals surface area contributed by atoms with E-state index in [9.17, 15) is 14.4 Å². The Balaban J connectivity index is 1.24. The minimum Gasteiger partial charge on any atom is -0.496 e. The summed E-state index contributed by atoms with van der Waals surface area (Å²) in [6.07, 6.45) is 0.0546. The Morgan fingerprint density at radius 3 is 2.60 bits per heavy atom. The van der Waals surface area contributed by atoms with Crippen LogP contribution in [0.4, 0.5) is 0 Å². The van der Waals surface area contributed by atoms with Crippen LogP contribution in [-0.2, 0) is 18.4 Å². The lowest BCUT2D eigenvalue weighted by molar-refractivity contribution is -0.123. The van der Waals surface area contributed by atoms with E-state index in [1.165, 1.54) is 0 Å². The van der Waals surface area contributed by atoms with Gasteiger partial charge in [0.05, 0.1) is 29.8 Å². The maximum Gasteiger partial charge on any atom is 0.258 e. The van der Waals surface area contributed by atoms with Crippen molar-refractivity contribution in [2.45, 2.75) is 39.0 Å².